The number of aliphatic hydroxyl groups excluding tert-OH is 1. The van der Waals surface area contributed by atoms with Gasteiger partial charge >= 0.3 is 0 Å². The van der Waals surface area contributed by atoms with E-state index in [1.807, 2.05) is 30.0 Å². The summed E-state index contributed by atoms with van der Waals surface area (Å²) < 4.78 is 0. The van der Waals surface area contributed by atoms with Gasteiger partial charge < -0.3 is 10.4 Å². The highest BCUT2D eigenvalue weighted by Gasteiger charge is 2.31. The van der Waals surface area contributed by atoms with Crippen LogP contribution in [0.15, 0.2) is 30.3 Å². The summed E-state index contributed by atoms with van der Waals surface area (Å²) in [5.74, 6) is 2.29. The molecule has 2 aliphatic rings. The van der Waals surface area contributed by atoms with Crippen LogP contribution < -0.4 is 5.32 Å². The third-order valence-corrected chi connectivity index (χ3v) is 5.76. The van der Waals surface area contributed by atoms with Crippen LogP contribution >= 0.6 is 11.8 Å². The Morgan fingerprint density at radius 2 is 1.78 bits per heavy atom. The maximum atomic E-state index is 13.0. The zero-order valence-corrected chi connectivity index (χ0v) is 14.3. The molecule has 1 amide bonds. The summed E-state index contributed by atoms with van der Waals surface area (Å²) in [7, 11) is 0. The summed E-state index contributed by atoms with van der Waals surface area (Å²) >= 11 is 1.96. The highest BCUT2D eigenvalue weighted by atomic mass is 32.2. The second-order valence-electron chi connectivity index (χ2n) is 6.48. The number of amides is 1. The van der Waals surface area contributed by atoms with Gasteiger partial charge in [-0.1, -0.05) is 30.3 Å². The molecule has 1 saturated heterocycles. The van der Waals surface area contributed by atoms with Crippen LogP contribution in [0.2, 0.25) is 0 Å². The van der Waals surface area contributed by atoms with Gasteiger partial charge in [-0.15, -0.1) is 0 Å². The van der Waals surface area contributed by atoms with Gasteiger partial charge in [-0.3, -0.25) is 9.69 Å². The molecule has 1 saturated carbocycles. The zero-order chi connectivity index (χ0) is 16.1. The van der Waals surface area contributed by atoms with Crippen molar-refractivity contribution in [3.8, 4) is 0 Å². The van der Waals surface area contributed by atoms with Gasteiger partial charge in [0.2, 0.25) is 5.91 Å². The molecule has 0 bridgehead atoms. The van der Waals surface area contributed by atoms with Gasteiger partial charge in [-0.05, 0) is 31.2 Å². The first-order chi connectivity index (χ1) is 11.2. The van der Waals surface area contributed by atoms with Crippen LogP contribution in [0, 0.1) is 0 Å². The maximum absolute atomic E-state index is 13.0. The first-order valence-corrected chi connectivity index (χ1v) is 9.74. The summed E-state index contributed by atoms with van der Waals surface area (Å²) in [4.78, 5) is 15.3. The lowest BCUT2D eigenvalue weighted by Gasteiger charge is -2.35. The molecule has 3 rings (SSSR count). The van der Waals surface area contributed by atoms with Crippen molar-refractivity contribution in [2.24, 2.45) is 0 Å². The molecule has 0 unspecified atom stereocenters. The van der Waals surface area contributed by atoms with Crippen molar-refractivity contribution in [3.63, 3.8) is 0 Å². The Labute approximate surface area is 142 Å². The fraction of sp³-hybridized carbons (Fsp3) is 0.611. The number of nitrogens with one attached hydrogen (secondary N) is 1. The summed E-state index contributed by atoms with van der Waals surface area (Å²) in [5, 5.41) is 12.9. The van der Waals surface area contributed by atoms with E-state index in [4.69, 9.17) is 0 Å². The largest absolute Gasteiger partial charge is 0.393 e. The first kappa shape index (κ1) is 16.8. The van der Waals surface area contributed by atoms with E-state index in [9.17, 15) is 9.90 Å². The normalized spacial score (nSPS) is 27.3. The molecule has 1 heterocycles. The predicted molar refractivity (Wildman–Crippen MR) is 94.5 cm³/mol. The predicted octanol–water partition coefficient (Wildman–Crippen LogP) is 2.20. The van der Waals surface area contributed by atoms with Gasteiger partial charge in [-0.25, -0.2) is 0 Å². The van der Waals surface area contributed by atoms with Gasteiger partial charge in [0.15, 0.2) is 0 Å². The van der Waals surface area contributed by atoms with Crippen molar-refractivity contribution in [2.45, 2.75) is 43.9 Å². The standard InChI is InChI=1S/C18H26N2O2S/c21-16-8-6-15(7-9-16)19-18(22)17(14-4-2-1-3-5-14)20-10-12-23-13-11-20/h1-5,15-17,21H,6-13H2,(H,19,22)/t15?,16?,17-/m1/s1. The lowest BCUT2D eigenvalue weighted by Crippen LogP contribution is -2.47. The number of rotatable bonds is 4. The Hall–Kier alpha value is -1.04. The van der Waals surface area contributed by atoms with E-state index < -0.39 is 0 Å². The Morgan fingerprint density at radius 3 is 2.43 bits per heavy atom. The number of carbonyl (C=O) groups is 1. The average Bonchev–Trinajstić information content (AvgIpc) is 2.59. The van der Waals surface area contributed by atoms with Gasteiger partial charge in [0, 0.05) is 30.6 Å². The quantitative estimate of drug-likeness (QED) is 0.886. The summed E-state index contributed by atoms with van der Waals surface area (Å²) in [6.07, 6.45) is 3.16. The van der Waals surface area contributed by atoms with Crippen LogP contribution in [0.4, 0.5) is 0 Å². The SMILES string of the molecule is O=C(NC1CCC(O)CC1)[C@@H](c1ccccc1)N1CCSCC1. The van der Waals surface area contributed by atoms with Gasteiger partial charge in [0.1, 0.15) is 6.04 Å². The molecule has 1 aliphatic carbocycles. The lowest BCUT2D eigenvalue weighted by molar-refractivity contribution is -0.127. The van der Waals surface area contributed by atoms with E-state index in [1.54, 1.807) is 0 Å². The average molecular weight is 334 g/mol. The molecular weight excluding hydrogens is 308 g/mol. The van der Waals surface area contributed by atoms with Gasteiger partial charge in [0.25, 0.3) is 0 Å². The molecular formula is C18H26N2O2S. The molecule has 4 nitrogen and oxygen atoms in total. The minimum absolute atomic E-state index is 0.115. The van der Waals surface area contributed by atoms with Crippen molar-refractivity contribution in [1.82, 2.24) is 10.2 Å². The molecule has 126 valence electrons. The van der Waals surface area contributed by atoms with E-state index in [0.29, 0.717) is 0 Å². The van der Waals surface area contributed by atoms with E-state index >= 15 is 0 Å². The Kier molecular flexibility index (Phi) is 5.97. The molecule has 1 atom stereocenters. The Balaban J connectivity index is 1.70. The number of benzene rings is 1. The summed E-state index contributed by atoms with van der Waals surface area (Å²) in [6.45, 7) is 1.92. The van der Waals surface area contributed by atoms with E-state index in [-0.39, 0.29) is 24.1 Å². The smallest absolute Gasteiger partial charge is 0.242 e. The lowest BCUT2D eigenvalue weighted by atomic mass is 9.92. The fourth-order valence-corrected chi connectivity index (χ4v) is 4.43. The van der Waals surface area contributed by atoms with Gasteiger partial charge in [-0.2, -0.15) is 11.8 Å². The zero-order valence-electron chi connectivity index (χ0n) is 13.5. The molecule has 0 spiro atoms. The molecule has 2 fully saturated rings. The van der Waals surface area contributed by atoms with E-state index in [2.05, 4.69) is 22.3 Å². The Bertz CT molecular complexity index is 497. The topological polar surface area (TPSA) is 52.6 Å². The second-order valence-corrected chi connectivity index (χ2v) is 7.70. The fourth-order valence-electron chi connectivity index (χ4n) is 3.50. The third-order valence-electron chi connectivity index (χ3n) is 4.82. The van der Waals surface area contributed by atoms with Crippen molar-refractivity contribution in [2.75, 3.05) is 24.6 Å². The summed E-state index contributed by atoms with van der Waals surface area (Å²) in [5.41, 5.74) is 1.08. The van der Waals surface area contributed by atoms with Crippen LogP contribution in [0.5, 0.6) is 0 Å². The van der Waals surface area contributed by atoms with Crippen molar-refractivity contribution < 1.29 is 9.90 Å². The minimum Gasteiger partial charge on any atom is -0.393 e. The first-order valence-electron chi connectivity index (χ1n) is 8.59. The van der Waals surface area contributed by atoms with Crippen molar-refractivity contribution >= 4 is 17.7 Å². The molecule has 0 aromatic heterocycles. The Morgan fingerprint density at radius 1 is 1.13 bits per heavy atom. The van der Waals surface area contributed by atoms with Crippen molar-refractivity contribution in [3.05, 3.63) is 35.9 Å². The number of carbonyl (C=O) groups excluding carboxylic acids is 1. The van der Waals surface area contributed by atoms with E-state index in [0.717, 1.165) is 55.8 Å². The highest BCUT2D eigenvalue weighted by Crippen LogP contribution is 2.26. The number of nitrogens with zero attached hydrogens (tertiary/aromatic N) is 1. The van der Waals surface area contributed by atoms with Crippen LogP contribution in [0.1, 0.15) is 37.3 Å². The summed E-state index contributed by atoms with van der Waals surface area (Å²) in [6, 6.07) is 10.1. The molecule has 5 heteroatoms. The van der Waals surface area contributed by atoms with Crippen molar-refractivity contribution in [1.29, 1.82) is 0 Å². The van der Waals surface area contributed by atoms with Crippen LogP contribution in [-0.4, -0.2) is 52.7 Å². The molecule has 1 aromatic rings. The molecule has 23 heavy (non-hydrogen) atoms. The number of hydrogen-bond acceptors (Lipinski definition) is 4. The van der Waals surface area contributed by atoms with Crippen LogP contribution in [-0.2, 0) is 4.79 Å². The second kappa shape index (κ2) is 8.18. The van der Waals surface area contributed by atoms with Crippen LogP contribution in [0.3, 0.4) is 0 Å². The van der Waals surface area contributed by atoms with E-state index in [1.165, 1.54) is 0 Å². The molecule has 1 aromatic carbocycles. The minimum atomic E-state index is -0.191. The van der Waals surface area contributed by atoms with Crippen LogP contribution in [0.25, 0.3) is 0 Å². The maximum Gasteiger partial charge on any atom is 0.242 e. The number of thioether (sulfide) groups is 1. The highest BCUT2D eigenvalue weighted by molar-refractivity contribution is 7.99. The number of hydrogen-bond donors (Lipinski definition) is 2. The molecule has 1 aliphatic heterocycles. The molecule has 0 radical (unpaired) electrons. The number of aliphatic hydroxyl groups is 1. The third kappa shape index (κ3) is 4.49. The van der Waals surface area contributed by atoms with Gasteiger partial charge in [0.05, 0.1) is 6.10 Å². The molecule has 2 N–H and O–H groups in total. The monoisotopic (exact) mass is 334 g/mol.